The number of urea groups is 1. The molecule has 0 spiro atoms. The molecule has 2 amide bonds. The second kappa shape index (κ2) is 6.05. The molecule has 118 valence electrons. The van der Waals surface area contributed by atoms with Gasteiger partial charge in [0.2, 0.25) is 0 Å². The van der Waals surface area contributed by atoms with E-state index >= 15 is 0 Å². The van der Waals surface area contributed by atoms with E-state index in [1.54, 1.807) is 4.90 Å². The van der Waals surface area contributed by atoms with Crippen LogP contribution in [0.3, 0.4) is 0 Å². The van der Waals surface area contributed by atoms with Crippen LogP contribution in [-0.2, 0) is 14.6 Å². The Morgan fingerprint density at radius 3 is 2.67 bits per heavy atom. The molecule has 7 nitrogen and oxygen atoms in total. The number of carboxylic acids is 1. The lowest BCUT2D eigenvalue weighted by Gasteiger charge is -2.38. The lowest BCUT2D eigenvalue weighted by Crippen LogP contribution is -2.56. The van der Waals surface area contributed by atoms with Gasteiger partial charge < -0.3 is 14.9 Å². The maximum atomic E-state index is 12.5. The molecule has 8 heteroatoms. The van der Waals surface area contributed by atoms with Gasteiger partial charge in [0, 0.05) is 19.6 Å². The number of carboxylic acid groups (broad SMARTS) is 1. The Hall–Kier alpha value is -1.57. The molecule has 0 bridgehead atoms. The first kappa shape index (κ1) is 15.8. The number of carbonyl (C=O) groups excluding carboxylic acids is 1. The van der Waals surface area contributed by atoms with Crippen LogP contribution in [0.4, 0.5) is 4.79 Å². The van der Waals surface area contributed by atoms with Crippen molar-refractivity contribution < 1.29 is 23.1 Å². The van der Waals surface area contributed by atoms with E-state index in [0.29, 0.717) is 13.1 Å². The zero-order chi connectivity index (χ0) is 15.6. The molecular weight excluding hydrogens is 296 g/mol. The average Bonchev–Trinajstić information content (AvgIpc) is 2.37. The van der Waals surface area contributed by atoms with Crippen molar-refractivity contribution in [1.29, 1.82) is 0 Å². The highest BCUT2D eigenvalue weighted by molar-refractivity contribution is 7.91. The Morgan fingerprint density at radius 2 is 2.10 bits per heavy atom. The maximum absolute atomic E-state index is 12.5. The van der Waals surface area contributed by atoms with Crippen LogP contribution in [0.25, 0.3) is 0 Å². The van der Waals surface area contributed by atoms with E-state index in [1.165, 1.54) is 10.5 Å². The Kier molecular flexibility index (Phi) is 4.55. The fraction of sp³-hybridized carbons (Fsp3) is 0.692. The Labute approximate surface area is 124 Å². The van der Waals surface area contributed by atoms with Gasteiger partial charge in [-0.15, -0.1) is 0 Å². The SMILES string of the molecule is CC1=CCN(C(=O)N2CCS(=O)(=O)CC2CC(=O)O)CC1. The second-order valence-electron chi connectivity index (χ2n) is 5.59. The van der Waals surface area contributed by atoms with E-state index in [2.05, 4.69) is 0 Å². The number of carbonyl (C=O) groups is 2. The van der Waals surface area contributed by atoms with Crippen LogP contribution in [0.1, 0.15) is 19.8 Å². The summed E-state index contributed by atoms with van der Waals surface area (Å²) in [4.78, 5) is 26.5. The van der Waals surface area contributed by atoms with Crippen molar-refractivity contribution in [3.63, 3.8) is 0 Å². The summed E-state index contributed by atoms with van der Waals surface area (Å²) in [5.74, 6) is -1.46. The van der Waals surface area contributed by atoms with Crippen LogP contribution in [0, 0.1) is 0 Å². The quantitative estimate of drug-likeness (QED) is 0.741. The minimum Gasteiger partial charge on any atom is -0.481 e. The Bertz CT molecular complexity index is 569. The predicted octanol–water partition coefficient (Wildman–Crippen LogP) is 0.332. The molecule has 0 radical (unpaired) electrons. The minimum absolute atomic E-state index is 0.0678. The fourth-order valence-corrected chi connectivity index (χ4v) is 4.16. The van der Waals surface area contributed by atoms with Crippen molar-refractivity contribution in [2.75, 3.05) is 31.1 Å². The van der Waals surface area contributed by atoms with Gasteiger partial charge in [-0.25, -0.2) is 13.2 Å². The maximum Gasteiger partial charge on any atom is 0.320 e. The first-order valence-corrected chi connectivity index (χ1v) is 8.74. The topological polar surface area (TPSA) is 95.0 Å². The van der Waals surface area contributed by atoms with Crippen LogP contribution >= 0.6 is 0 Å². The average molecular weight is 316 g/mol. The van der Waals surface area contributed by atoms with Crippen LogP contribution in [0.2, 0.25) is 0 Å². The molecule has 1 saturated heterocycles. The number of aliphatic carboxylic acids is 1. The van der Waals surface area contributed by atoms with Gasteiger partial charge >= 0.3 is 12.0 Å². The summed E-state index contributed by atoms with van der Waals surface area (Å²) in [5, 5.41) is 8.92. The Balaban J connectivity index is 2.12. The van der Waals surface area contributed by atoms with Gasteiger partial charge in [0.05, 0.1) is 24.0 Å². The van der Waals surface area contributed by atoms with E-state index in [0.717, 1.165) is 6.42 Å². The largest absolute Gasteiger partial charge is 0.481 e. The summed E-state index contributed by atoms with van der Waals surface area (Å²) < 4.78 is 23.4. The summed E-state index contributed by atoms with van der Waals surface area (Å²) in [6.07, 6.45) is 2.42. The Morgan fingerprint density at radius 1 is 1.38 bits per heavy atom. The lowest BCUT2D eigenvalue weighted by molar-refractivity contribution is -0.138. The third kappa shape index (κ3) is 3.96. The molecule has 1 N–H and O–H groups in total. The van der Waals surface area contributed by atoms with Gasteiger partial charge in [-0.3, -0.25) is 4.79 Å². The minimum atomic E-state index is -3.27. The van der Waals surface area contributed by atoms with E-state index in [-0.39, 0.29) is 30.5 Å². The monoisotopic (exact) mass is 316 g/mol. The molecule has 0 aromatic heterocycles. The zero-order valence-corrected chi connectivity index (χ0v) is 12.8. The number of rotatable bonds is 2. The van der Waals surface area contributed by atoms with Crippen molar-refractivity contribution in [2.24, 2.45) is 0 Å². The number of amides is 2. The summed E-state index contributed by atoms with van der Waals surface area (Å²) >= 11 is 0. The zero-order valence-electron chi connectivity index (χ0n) is 12.0. The molecule has 2 rings (SSSR count). The lowest BCUT2D eigenvalue weighted by atomic mass is 10.1. The van der Waals surface area contributed by atoms with Crippen molar-refractivity contribution >= 4 is 21.8 Å². The van der Waals surface area contributed by atoms with E-state index in [1.807, 2.05) is 13.0 Å². The van der Waals surface area contributed by atoms with Crippen molar-refractivity contribution in [3.8, 4) is 0 Å². The van der Waals surface area contributed by atoms with Gasteiger partial charge in [0.25, 0.3) is 0 Å². The number of hydrogen-bond acceptors (Lipinski definition) is 4. The van der Waals surface area contributed by atoms with E-state index in [9.17, 15) is 18.0 Å². The highest BCUT2D eigenvalue weighted by Crippen LogP contribution is 2.19. The summed E-state index contributed by atoms with van der Waals surface area (Å²) in [6, 6.07) is -1.04. The molecule has 1 atom stereocenters. The molecule has 21 heavy (non-hydrogen) atoms. The summed E-state index contributed by atoms with van der Waals surface area (Å²) in [6.45, 7) is 3.15. The third-order valence-corrected chi connectivity index (χ3v) is 5.59. The van der Waals surface area contributed by atoms with Gasteiger partial charge in [0.15, 0.2) is 9.84 Å². The highest BCUT2D eigenvalue weighted by atomic mass is 32.2. The molecule has 0 aromatic carbocycles. The van der Waals surface area contributed by atoms with Gasteiger partial charge in [0.1, 0.15) is 0 Å². The molecule has 2 aliphatic rings. The predicted molar refractivity (Wildman–Crippen MR) is 76.7 cm³/mol. The standard InChI is InChI=1S/C13H20N2O5S/c1-10-2-4-14(5-3-10)13(18)15-6-7-21(19,20)9-11(15)8-12(16)17/h2,11H,3-9H2,1H3,(H,16,17). The van der Waals surface area contributed by atoms with E-state index in [4.69, 9.17) is 5.11 Å². The molecule has 1 unspecified atom stereocenters. The highest BCUT2D eigenvalue weighted by Gasteiger charge is 2.37. The van der Waals surface area contributed by atoms with Crippen LogP contribution in [0.5, 0.6) is 0 Å². The molecular formula is C13H20N2O5S. The normalized spacial score (nSPS) is 25.4. The number of sulfone groups is 1. The van der Waals surface area contributed by atoms with E-state index < -0.39 is 21.8 Å². The van der Waals surface area contributed by atoms with Crippen molar-refractivity contribution in [2.45, 2.75) is 25.8 Å². The molecule has 0 aromatic rings. The van der Waals surface area contributed by atoms with Gasteiger partial charge in [-0.1, -0.05) is 11.6 Å². The van der Waals surface area contributed by atoms with Gasteiger partial charge in [-0.05, 0) is 13.3 Å². The van der Waals surface area contributed by atoms with Gasteiger partial charge in [-0.2, -0.15) is 0 Å². The van der Waals surface area contributed by atoms with Crippen molar-refractivity contribution in [3.05, 3.63) is 11.6 Å². The summed E-state index contributed by atoms with van der Waals surface area (Å²) in [5.41, 5.74) is 1.22. The van der Waals surface area contributed by atoms with Crippen LogP contribution in [-0.4, -0.2) is 72.5 Å². The third-order valence-electron chi connectivity index (χ3n) is 3.89. The number of nitrogens with zero attached hydrogens (tertiary/aromatic N) is 2. The summed E-state index contributed by atoms with van der Waals surface area (Å²) in [7, 11) is -3.27. The van der Waals surface area contributed by atoms with Crippen LogP contribution < -0.4 is 0 Å². The number of hydrogen-bond donors (Lipinski definition) is 1. The molecule has 0 saturated carbocycles. The second-order valence-corrected chi connectivity index (χ2v) is 7.82. The van der Waals surface area contributed by atoms with Crippen molar-refractivity contribution in [1.82, 2.24) is 9.80 Å². The first-order valence-electron chi connectivity index (χ1n) is 6.92. The molecule has 0 aliphatic carbocycles. The molecule has 1 fully saturated rings. The molecule has 2 heterocycles. The first-order chi connectivity index (χ1) is 9.78. The smallest absolute Gasteiger partial charge is 0.320 e. The molecule has 2 aliphatic heterocycles. The fourth-order valence-electron chi connectivity index (χ4n) is 2.64. The van der Waals surface area contributed by atoms with Crippen LogP contribution in [0.15, 0.2) is 11.6 Å².